The minimum atomic E-state index is -4.46. The number of nitrogens with zero attached hydrogens (tertiary/aromatic N) is 4. The molecule has 144 valence electrons. The molecule has 0 radical (unpaired) electrons. The molecule has 7 nitrogen and oxygen atoms in total. The molecule has 10 heteroatoms. The Morgan fingerprint density at radius 3 is 2.59 bits per heavy atom. The molecule has 1 aromatic carbocycles. The number of aromatic nitrogens is 4. The first-order valence-corrected chi connectivity index (χ1v) is 8.17. The van der Waals surface area contributed by atoms with E-state index in [1.807, 2.05) is 13.8 Å². The van der Waals surface area contributed by atoms with Crippen LogP contribution in [0.4, 0.5) is 19.0 Å². The highest BCUT2D eigenvalue weighted by Gasteiger charge is 2.30. The van der Waals surface area contributed by atoms with E-state index in [0.717, 1.165) is 4.68 Å². The molecule has 0 saturated heterocycles. The van der Waals surface area contributed by atoms with E-state index in [9.17, 15) is 18.0 Å². The number of carbonyl (C=O) groups excluding carboxylic acids is 1. The van der Waals surface area contributed by atoms with Gasteiger partial charge in [0.1, 0.15) is 12.3 Å². The number of nitrogens with one attached hydrogen (secondary N) is 1. The second-order valence-electron chi connectivity index (χ2n) is 6.30. The summed E-state index contributed by atoms with van der Waals surface area (Å²) in [5.74, 6) is -0.110. The van der Waals surface area contributed by atoms with Crippen LogP contribution in [0.25, 0.3) is 10.9 Å². The molecule has 2 aromatic heterocycles. The maximum absolute atomic E-state index is 12.9. The standard InChI is InChI=1S/C17H18F3N5O2/c1-10(2)27-11-4-5-12-14(8-11)25(9-17(18,19)20)23-15(12)21-16(26)13-6-7-24(3)22-13/h4-8,10H,9H2,1-3H3,(H,21,23,26). The smallest absolute Gasteiger partial charge is 0.408 e. The van der Waals surface area contributed by atoms with Crippen LogP contribution < -0.4 is 10.1 Å². The molecule has 1 amide bonds. The van der Waals surface area contributed by atoms with Gasteiger partial charge in [-0.15, -0.1) is 0 Å². The fraction of sp³-hybridized carbons (Fsp3) is 0.353. The van der Waals surface area contributed by atoms with Crippen molar-refractivity contribution in [2.75, 3.05) is 5.32 Å². The van der Waals surface area contributed by atoms with Crippen LogP contribution in [0.1, 0.15) is 24.3 Å². The summed E-state index contributed by atoms with van der Waals surface area (Å²) in [7, 11) is 1.65. The minimum absolute atomic E-state index is 0.0287. The van der Waals surface area contributed by atoms with Gasteiger partial charge in [0.2, 0.25) is 0 Å². The number of halogens is 3. The van der Waals surface area contributed by atoms with Gasteiger partial charge in [0.05, 0.1) is 11.6 Å². The van der Waals surface area contributed by atoms with Crippen LogP contribution in [0.15, 0.2) is 30.5 Å². The predicted octanol–water partition coefficient (Wildman–Crippen LogP) is 3.37. The molecule has 3 rings (SSSR count). The fourth-order valence-electron chi connectivity index (χ4n) is 2.59. The molecule has 27 heavy (non-hydrogen) atoms. The van der Waals surface area contributed by atoms with E-state index >= 15 is 0 Å². The minimum Gasteiger partial charge on any atom is -0.491 e. The Kier molecular flexibility index (Phi) is 4.81. The molecule has 0 aliphatic carbocycles. The highest BCUT2D eigenvalue weighted by Crippen LogP contribution is 2.30. The van der Waals surface area contributed by atoms with Crippen LogP contribution in [-0.2, 0) is 13.6 Å². The lowest BCUT2D eigenvalue weighted by Crippen LogP contribution is -2.19. The summed E-state index contributed by atoms with van der Waals surface area (Å²) in [5.41, 5.74) is 0.345. The van der Waals surface area contributed by atoms with Crippen LogP contribution in [0.2, 0.25) is 0 Å². The van der Waals surface area contributed by atoms with Gasteiger partial charge < -0.3 is 10.1 Å². The highest BCUT2D eigenvalue weighted by atomic mass is 19.4. The van der Waals surface area contributed by atoms with Gasteiger partial charge in [0.25, 0.3) is 5.91 Å². The maximum Gasteiger partial charge on any atom is 0.408 e. The van der Waals surface area contributed by atoms with Crippen molar-refractivity contribution in [2.45, 2.75) is 32.7 Å². The molecule has 1 N–H and O–H groups in total. The van der Waals surface area contributed by atoms with Gasteiger partial charge in [0, 0.05) is 24.7 Å². The zero-order chi connectivity index (χ0) is 19.8. The number of anilines is 1. The molecule has 2 heterocycles. The van der Waals surface area contributed by atoms with Gasteiger partial charge in [-0.05, 0) is 32.0 Å². The van der Waals surface area contributed by atoms with Crippen LogP contribution >= 0.6 is 0 Å². The van der Waals surface area contributed by atoms with Gasteiger partial charge in [-0.2, -0.15) is 23.4 Å². The van der Waals surface area contributed by atoms with Crippen molar-refractivity contribution in [3.05, 3.63) is 36.2 Å². The second kappa shape index (κ2) is 6.93. The Hall–Kier alpha value is -3.04. The second-order valence-corrected chi connectivity index (χ2v) is 6.30. The first kappa shape index (κ1) is 18.7. The van der Waals surface area contributed by atoms with Crippen molar-refractivity contribution in [2.24, 2.45) is 7.05 Å². The van der Waals surface area contributed by atoms with E-state index in [1.165, 1.54) is 16.8 Å². The van der Waals surface area contributed by atoms with Crippen LogP contribution in [0, 0.1) is 0 Å². The third-order valence-corrected chi connectivity index (χ3v) is 3.60. The molecule has 0 unspecified atom stereocenters. The Labute approximate surface area is 152 Å². The van der Waals surface area contributed by atoms with Crippen LogP contribution in [0.5, 0.6) is 5.75 Å². The summed E-state index contributed by atoms with van der Waals surface area (Å²) in [5, 5.41) is 10.8. The van der Waals surface area contributed by atoms with Gasteiger partial charge in [-0.3, -0.25) is 14.2 Å². The highest BCUT2D eigenvalue weighted by molar-refractivity contribution is 6.07. The van der Waals surface area contributed by atoms with E-state index in [0.29, 0.717) is 11.1 Å². The van der Waals surface area contributed by atoms with Crippen LogP contribution in [-0.4, -0.2) is 37.7 Å². The van der Waals surface area contributed by atoms with Crippen molar-refractivity contribution < 1.29 is 22.7 Å². The summed E-state index contributed by atoms with van der Waals surface area (Å²) in [6, 6.07) is 6.17. The predicted molar refractivity (Wildman–Crippen MR) is 92.7 cm³/mol. The average molecular weight is 381 g/mol. The Morgan fingerprint density at radius 1 is 1.26 bits per heavy atom. The number of fused-ring (bicyclic) bond motifs is 1. The fourth-order valence-corrected chi connectivity index (χ4v) is 2.59. The largest absolute Gasteiger partial charge is 0.491 e. The van der Waals surface area contributed by atoms with Crippen molar-refractivity contribution in [1.82, 2.24) is 19.6 Å². The quantitative estimate of drug-likeness (QED) is 0.735. The SMILES string of the molecule is CC(C)Oc1ccc2c(NC(=O)c3ccn(C)n3)nn(CC(F)(F)F)c2c1. The van der Waals surface area contributed by atoms with Gasteiger partial charge in [-0.25, -0.2) is 0 Å². The Balaban J connectivity index is 2.00. The lowest BCUT2D eigenvalue weighted by atomic mass is 10.2. The molecule has 0 aliphatic rings. The van der Waals surface area contributed by atoms with Crippen molar-refractivity contribution in [3.63, 3.8) is 0 Å². The van der Waals surface area contributed by atoms with E-state index < -0.39 is 18.6 Å². The molecule has 3 aromatic rings. The molecule has 0 bridgehead atoms. The normalized spacial score (nSPS) is 12.0. The number of hydrogen-bond acceptors (Lipinski definition) is 4. The first-order chi connectivity index (χ1) is 12.6. The van der Waals surface area contributed by atoms with E-state index in [2.05, 4.69) is 15.5 Å². The lowest BCUT2D eigenvalue weighted by Gasteiger charge is -2.11. The summed E-state index contributed by atoms with van der Waals surface area (Å²) >= 11 is 0. The number of hydrogen-bond donors (Lipinski definition) is 1. The molecular weight excluding hydrogens is 363 g/mol. The molecule has 0 spiro atoms. The molecule has 0 atom stereocenters. The van der Waals surface area contributed by atoms with E-state index in [-0.39, 0.29) is 23.1 Å². The number of rotatable bonds is 5. The van der Waals surface area contributed by atoms with Gasteiger partial charge >= 0.3 is 6.18 Å². The van der Waals surface area contributed by atoms with Gasteiger partial charge in [-0.1, -0.05) is 0 Å². The Bertz CT molecular complexity index is 975. The molecule has 0 fully saturated rings. The number of alkyl halides is 3. The molecular formula is C17H18F3N5O2. The van der Waals surface area contributed by atoms with Crippen molar-refractivity contribution in [3.8, 4) is 5.75 Å². The summed E-state index contributed by atoms with van der Waals surface area (Å²) in [6.07, 6.45) is -3.01. The zero-order valence-corrected chi connectivity index (χ0v) is 14.9. The molecule has 0 aliphatic heterocycles. The monoisotopic (exact) mass is 381 g/mol. The number of ether oxygens (including phenoxy) is 1. The number of aryl methyl sites for hydroxylation is 1. The van der Waals surface area contributed by atoms with Crippen LogP contribution in [0.3, 0.4) is 0 Å². The number of carbonyl (C=O) groups is 1. The summed E-state index contributed by atoms with van der Waals surface area (Å²) in [4.78, 5) is 12.3. The third kappa shape index (κ3) is 4.39. The third-order valence-electron chi connectivity index (χ3n) is 3.60. The van der Waals surface area contributed by atoms with Gasteiger partial charge in [0.15, 0.2) is 11.5 Å². The lowest BCUT2D eigenvalue weighted by molar-refractivity contribution is -0.141. The molecule has 0 saturated carbocycles. The first-order valence-electron chi connectivity index (χ1n) is 8.17. The number of amides is 1. The Morgan fingerprint density at radius 2 is 2.00 bits per heavy atom. The topological polar surface area (TPSA) is 74.0 Å². The van der Waals surface area contributed by atoms with E-state index in [4.69, 9.17) is 4.74 Å². The summed E-state index contributed by atoms with van der Waals surface area (Å²) < 4.78 is 46.6. The zero-order valence-electron chi connectivity index (χ0n) is 14.9. The maximum atomic E-state index is 12.9. The average Bonchev–Trinajstić information content (AvgIpc) is 3.10. The summed E-state index contributed by atoms with van der Waals surface area (Å²) in [6.45, 7) is 2.35. The van der Waals surface area contributed by atoms with Crippen molar-refractivity contribution >= 4 is 22.6 Å². The van der Waals surface area contributed by atoms with E-state index in [1.54, 1.807) is 25.4 Å². The van der Waals surface area contributed by atoms with Crippen molar-refractivity contribution in [1.29, 1.82) is 0 Å². The number of benzene rings is 1.